The number of aromatic nitrogens is 2. The van der Waals surface area contributed by atoms with E-state index in [2.05, 4.69) is 15.6 Å². The van der Waals surface area contributed by atoms with Crippen LogP contribution in [-0.2, 0) is 22.7 Å². The summed E-state index contributed by atoms with van der Waals surface area (Å²) in [6.45, 7) is 5.54. The zero-order valence-electron chi connectivity index (χ0n) is 14.4. The number of hydrogen-bond acceptors (Lipinski definition) is 6. The molecule has 2 aliphatic heterocycles. The Morgan fingerprint density at radius 2 is 2.24 bits per heavy atom. The molecule has 2 N–H and O–H groups in total. The normalized spacial score (nSPS) is 19.4. The van der Waals surface area contributed by atoms with Crippen molar-refractivity contribution in [3.63, 3.8) is 0 Å². The van der Waals surface area contributed by atoms with Crippen LogP contribution in [0.1, 0.15) is 36.5 Å². The number of amides is 2. The monoisotopic (exact) mass is 349 g/mol. The van der Waals surface area contributed by atoms with Gasteiger partial charge in [0, 0.05) is 19.5 Å². The Morgan fingerprint density at radius 3 is 2.92 bits per heavy atom. The van der Waals surface area contributed by atoms with E-state index in [1.807, 2.05) is 13.8 Å². The summed E-state index contributed by atoms with van der Waals surface area (Å²) < 4.78 is 1.74. The molecule has 0 spiro atoms. The van der Waals surface area contributed by atoms with Crippen molar-refractivity contribution in [2.75, 3.05) is 19.7 Å². The molecule has 9 nitrogen and oxygen atoms in total. The average molecular weight is 349 g/mol. The van der Waals surface area contributed by atoms with Gasteiger partial charge in [0.15, 0.2) is 5.69 Å². The Kier molecular flexibility index (Phi) is 5.03. The van der Waals surface area contributed by atoms with Crippen LogP contribution in [0.25, 0.3) is 0 Å². The smallest absolute Gasteiger partial charge is 0.271 e. The van der Waals surface area contributed by atoms with Gasteiger partial charge in [-0.2, -0.15) is 5.10 Å². The van der Waals surface area contributed by atoms with Crippen LogP contribution in [0.5, 0.6) is 0 Å². The molecular formula is C16H23N5O4. The molecule has 136 valence electrons. The fourth-order valence-corrected chi connectivity index (χ4v) is 2.90. The summed E-state index contributed by atoms with van der Waals surface area (Å²) in [5, 5.41) is 19.6. The van der Waals surface area contributed by atoms with E-state index in [1.54, 1.807) is 15.6 Å². The summed E-state index contributed by atoms with van der Waals surface area (Å²) in [5.74, 6) is -0.151. The van der Waals surface area contributed by atoms with Gasteiger partial charge in [-0.1, -0.05) is 19.0 Å². The Bertz CT molecular complexity index is 697. The van der Waals surface area contributed by atoms with Crippen LogP contribution < -0.4 is 5.32 Å². The van der Waals surface area contributed by atoms with Gasteiger partial charge in [0.05, 0.1) is 31.1 Å². The van der Waals surface area contributed by atoms with Crippen LogP contribution in [0.2, 0.25) is 0 Å². The summed E-state index contributed by atoms with van der Waals surface area (Å²) >= 11 is 0. The number of hydrogen-bond donors (Lipinski definition) is 2. The standard InChI is InChI=1S/C16H23N5O4/c1-10(2)12-8-14(25-19-12)16(24)20-4-5-21-11(9-20)7-13(18-21)15(23)17-3-6-22/h7,10,14,22H,3-6,8-9H2,1-2H3,(H,17,23). The van der Waals surface area contributed by atoms with Crippen molar-refractivity contribution < 1.29 is 19.5 Å². The first-order chi connectivity index (χ1) is 12.0. The predicted octanol–water partition coefficient (Wildman–Crippen LogP) is -0.252. The van der Waals surface area contributed by atoms with E-state index in [0.29, 0.717) is 31.7 Å². The minimum Gasteiger partial charge on any atom is -0.395 e. The molecule has 1 aromatic rings. The Labute approximate surface area is 145 Å². The number of carbonyl (C=O) groups excluding carboxylic acids is 2. The first-order valence-corrected chi connectivity index (χ1v) is 8.46. The molecule has 0 fully saturated rings. The van der Waals surface area contributed by atoms with Crippen LogP contribution in [-0.4, -0.2) is 63.1 Å². The molecule has 0 aromatic carbocycles. The first-order valence-electron chi connectivity index (χ1n) is 8.46. The molecule has 1 atom stereocenters. The fraction of sp³-hybridized carbons (Fsp3) is 0.625. The molecule has 0 aliphatic carbocycles. The van der Waals surface area contributed by atoms with Crippen molar-refractivity contribution >= 4 is 17.5 Å². The highest BCUT2D eigenvalue weighted by Gasteiger charge is 2.34. The summed E-state index contributed by atoms with van der Waals surface area (Å²) in [6, 6.07) is 1.68. The predicted molar refractivity (Wildman–Crippen MR) is 88.8 cm³/mol. The van der Waals surface area contributed by atoms with Gasteiger partial charge in [0.25, 0.3) is 11.8 Å². The molecule has 25 heavy (non-hydrogen) atoms. The van der Waals surface area contributed by atoms with E-state index in [-0.39, 0.29) is 30.9 Å². The third-order valence-corrected chi connectivity index (χ3v) is 4.37. The van der Waals surface area contributed by atoms with Crippen molar-refractivity contribution in [1.82, 2.24) is 20.0 Å². The van der Waals surface area contributed by atoms with Crippen LogP contribution in [0.4, 0.5) is 0 Å². The fourth-order valence-electron chi connectivity index (χ4n) is 2.90. The third kappa shape index (κ3) is 3.65. The third-order valence-electron chi connectivity index (χ3n) is 4.37. The Balaban J connectivity index is 1.62. The van der Waals surface area contributed by atoms with Gasteiger partial charge in [-0.25, -0.2) is 0 Å². The maximum absolute atomic E-state index is 12.7. The number of nitrogens with zero attached hydrogens (tertiary/aromatic N) is 4. The summed E-state index contributed by atoms with van der Waals surface area (Å²) in [7, 11) is 0. The number of aliphatic hydroxyl groups excluding tert-OH is 1. The molecule has 0 saturated heterocycles. The van der Waals surface area contributed by atoms with Crippen molar-refractivity contribution in [3.8, 4) is 0 Å². The zero-order chi connectivity index (χ0) is 18.0. The molecule has 3 heterocycles. The lowest BCUT2D eigenvalue weighted by Gasteiger charge is -2.29. The highest BCUT2D eigenvalue weighted by Crippen LogP contribution is 2.21. The lowest BCUT2D eigenvalue weighted by Crippen LogP contribution is -2.43. The molecule has 9 heteroatoms. The second kappa shape index (κ2) is 7.22. The maximum atomic E-state index is 12.7. The molecule has 1 aromatic heterocycles. The van der Waals surface area contributed by atoms with E-state index in [1.165, 1.54) is 0 Å². The molecule has 2 aliphatic rings. The molecule has 0 radical (unpaired) electrons. The molecule has 0 saturated carbocycles. The van der Waals surface area contributed by atoms with Gasteiger partial charge in [0.1, 0.15) is 0 Å². The van der Waals surface area contributed by atoms with Crippen LogP contribution in [0.3, 0.4) is 0 Å². The number of oxime groups is 1. The van der Waals surface area contributed by atoms with Gasteiger partial charge in [-0.05, 0) is 12.0 Å². The molecule has 0 bridgehead atoms. The number of carbonyl (C=O) groups is 2. The summed E-state index contributed by atoms with van der Waals surface area (Å²) in [6.07, 6.45) is -0.0275. The second-order valence-corrected chi connectivity index (χ2v) is 6.52. The quantitative estimate of drug-likeness (QED) is 0.762. The van der Waals surface area contributed by atoms with E-state index in [4.69, 9.17) is 9.94 Å². The Hall–Kier alpha value is -2.42. The molecular weight excluding hydrogens is 326 g/mol. The van der Waals surface area contributed by atoms with Crippen molar-refractivity contribution in [3.05, 3.63) is 17.5 Å². The summed E-state index contributed by atoms with van der Waals surface area (Å²) in [5.41, 5.74) is 2.00. The van der Waals surface area contributed by atoms with E-state index >= 15 is 0 Å². The first kappa shape index (κ1) is 17.4. The number of aliphatic hydroxyl groups is 1. The highest BCUT2D eigenvalue weighted by atomic mass is 16.6. The van der Waals surface area contributed by atoms with E-state index in [9.17, 15) is 9.59 Å². The number of fused-ring (bicyclic) bond motifs is 1. The molecule has 2 amide bonds. The number of nitrogens with one attached hydrogen (secondary N) is 1. The average Bonchev–Trinajstić information content (AvgIpc) is 3.25. The SMILES string of the molecule is CC(C)C1=NOC(C(=O)N2CCn3nc(C(=O)NCCO)cc3C2)C1. The minimum absolute atomic E-state index is 0.0851. The molecule has 1 unspecified atom stereocenters. The van der Waals surface area contributed by atoms with Gasteiger partial charge in [0.2, 0.25) is 6.10 Å². The lowest BCUT2D eigenvalue weighted by molar-refractivity contribution is -0.143. The molecule has 3 rings (SSSR count). The lowest BCUT2D eigenvalue weighted by atomic mass is 10.0. The number of rotatable bonds is 5. The van der Waals surface area contributed by atoms with Crippen LogP contribution >= 0.6 is 0 Å². The largest absolute Gasteiger partial charge is 0.395 e. The van der Waals surface area contributed by atoms with Crippen molar-refractivity contribution in [1.29, 1.82) is 0 Å². The van der Waals surface area contributed by atoms with Crippen LogP contribution in [0.15, 0.2) is 11.2 Å². The second-order valence-electron chi connectivity index (χ2n) is 6.52. The highest BCUT2D eigenvalue weighted by molar-refractivity contribution is 5.94. The maximum Gasteiger partial charge on any atom is 0.271 e. The topological polar surface area (TPSA) is 109 Å². The zero-order valence-corrected chi connectivity index (χ0v) is 14.4. The van der Waals surface area contributed by atoms with E-state index < -0.39 is 6.10 Å². The van der Waals surface area contributed by atoms with Crippen LogP contribution in [0, 0.1) is 5.92 Å². The van der Waals surface area contributed by atoms with Crippen molar-refractivity contribution in [2.24, 2.45) is 11.1 Å². The summed E-state index contributed by atoms with van der Waals surface area (Å²) in [4.78, 5) is 31.6. The minimum atomic E-state index is -0.556. The van der Waals surface area contributed by atoms with Crippen molar-refractivity contribution in [2.45, 2.75) is 39.5 Å². The van der Waals surface area contributed by atoms with Gasteiger partial charge in [-0.3, -0.25) is 14.3 Å². The van der Waals surface area contributed by atoms with Gasteiger partial charge < -0.3 is 20.2 Å². The van der Waals surface area contributed by atoms with Gasteiger partial charge >= 0.3 is 0 Å². The van der Waals surface area contributed by atoms with E-state index in [0.717, 1.165) is 11.4 Å². The van der Waals surface area contributed by atoms with Gasteiger partial charge in [-0.15, -0.1) is 0 Å². The Morgan fingerprint density at radius 1 is 1.44 bits per heavy atom.